The predicted molar refractivity (Wildman–Crippen MR) is 100 cm³/mol. The van der Waals surface area contributed by atoms with Crippen molar-refractivity contribution in [1.29, 1.82) is 0 Å². The molecule has 0 aromatic carbocycles. The number of aliphatic imine (C=N–C) groups is 1. The maximum absolute atomic E-state index is 11.8. The number of ether oxygens (including phenoxy) is 4. The maximum Gasteiger partial charge on any atom is 0.408 e. The molecule has 0 spiro atoms. The summed E-state index contributed by atoms with van der Waals surface area (Å²) in [5.41, 5.74) is -0.795. The molecule has 1 fully saturated rings. The summed E-state index contributed by atoms with van der Waals surface area (Å²) in [7, 11) is 4.86. The topological polar surface area (TPSA) is 89.8 Å². The van der Waals surface area contributed by atoms with Crippen molar-refractivity contribution in [3.8, 4) is 0 Å². The lowest BCUT2D eigenvalue weighted by molar-refractivity contribution is -0.185. The molecule has 0 radical (unpaired) electrons. The third-order valence-corrected chi connectivity index (χ3v) is 5.99. The van der Waals surface area contributed by atoms with Gasteiger partial charge in [-0.2, -0.15) is 0 Å². The van der Waals surface area contributed by atoms with Crippen LogP contribution in [0.15, 0.2) is 4.99 Å². The van der Waals surface area contributed by atoms with Crippen LogP contribution >= 0.6 is 11.8 Å². The first-order chi connectivity index (χ1) is 12.1. The van der Waals surface area contributed by atoms with Crippen LogP contribution in [0.25, 0.3) is 0 Å². The van der Waals surface area contributed by atoms with E-state index in [1.54, 1.807) is 21.3 Å². The largest absolute Gasteiger partial charge is 0.465 e. The van der Waals surface area contributed by atoms with Gasteiger partial charge in [0.1, 0.15) is 29.8 Å². The van der Waals surface area contributed by atoms with Gasteiger partial charge in [0.05, 0.1) is 17.7 Å². The standard InChI is InChI=1S/C17H30N2O6S/c1-9(19(16(20)21)17(2,3)4)14-18-11-13(24-7)12(23-6)10(8-22-5)25-15(11)26-14/h9-13,15H,8H2,1-7H3,(H,20,21)/t9?,10-,11-,12-,13-,15-/m1/s1. The molecule has 2 aliphatic heterocycles. The lowest BCUT2D eigenvalue weighted by Crippen LogP contribution is -2.57. The molecule has 0 aromatic heterocycles. The summed E-state index contributed by atoms with van der Waals surface area (Å²) >= 11 is 1.46. The van der Waals surface area contributed by atoms with Crippen molar-refractivity contribution in [1.82, 2.24) is 4.90 Å². The number of carboxylic acid groups (broad SMARTS) is 1. The first-order valence-corrected chi connectivity index (χ1v) is 9.50. The zero-order valence-corrected chi connectivity index (χ0v) is 17.3. The van der Waals surface area contributed by atoms with Gasteiger partial charge in [0.2, 0.25) is 0 Å². The molecule has 0 saturated carbocycles. The molecule has 1 amide bonds. The Morgan fingerprint density at radius 2 is 1.92 bits per heavy atom. The average Bonchev–Trinajstić information content (AvgIpc) is 2.95. The Morgan fingerprint density at radius 1 is 1.31 bits per heavy atom. The first-order valence-electron chi connectivity index (χ1n) is 8.62. The van der Waals surface area contributed by atoms with Gasteiger partial charge in [-0.05, 0) is 27.7 Å². The van der Waals surface area contributed by atoms with Crippen LogP contribution in [-0.4, -0.2) is 90.5 Å². The van der Waals surface area contributed by atoms with E-state index in [1.807, 2.05) is 27.7 Å². The predicted octanol–water partition coefficient (Wildman–Crippen LogP) is 2.07. The number of nitrogens with zero attached hydrogens (tertiary/aromatic N) is 2. The summed E-state index contributed by atoms with van der Waals surface area (Å²) in [6, 6.07) is -0.637. The third kappa shape index (κ3) is 4.17. The fourth-order valence-electron chi connectivity index (χ4n) is 3.63. The SMILES string of the molecule is COC[C@H]1O[C@@H]2SC(C(C)N(C(=O)O)C(C)(C)C)=N[C@@H]2[C@@H](OC)[C@@H]1OC. The normalized spacial score (nSPS) is 32.7. The molecule has 150 valence electrons. The van der Waals surface area contributed by atoms with Crippen LogP contribution in [-0.2, 0) is 18.9 Å². The van der Waals surface area contributed by atoms with E-state index in [1.165, 1.54) is 16.7 Å². The number of amides is 1. The van der Waals surface area contributed by atoms with Gasteiger partial charge in [-0.3, -0.25) is 9.89 Å². The molecule has 6 atom stereocenters. The lowest BCUT2D eigenvalue weighted by atomic mass is 9.98. The lowest BCUT2D eigenvalue weighted by Gasteiger charge is -2.41. The Kier molecular flexibility index (Phi) is 6.95. The second-order valence-electron chi connectivity index (χ2n) is 7.47. The third-order valence-electron chi connectivity index (χ3n) is 4.68. The van der Waals surface area contributed by atoms with E-state index in [9.17, 15) is 9.90 Å². The molecular weight excluding hydrogens is 360 g/mol. The quantitative estimate of drug-likeness (QED) is 0.742. The molecule has 8 nitrogen and oxygen atoms in total. The fraction of sp³-hybridized carbons (Fsp3) is 0.882. The zero-order chi connectivity index (χ0) is 19.6. The summed E-state index contributed by atoms with van der Waals surface area (Å²) in [5, 5.41) is 10.4. The van der Waals surface area contributed by atoms with Crippen LogP contribution in [0.1, 0.15) is 27.7 Å². The highest BCUT2D eigenvalue weighted by Gasteiger charge is 2.51. The van der Waals surface area contributed by atoms with Gasteiger partial charge in [0.15, 0.2) is 0 Å². The smallest absolute Gasteiger partial charge is 0.408 e. The highest BCUT2D eigenvalue weighted by molar-refractivity contribution is 8.14. The molecule has 0 aliphatic carbocycles. The Balaban J connectivity index is 2.27. The second-order valence-corrected chi connectivity index (χ2v) is 8.59. The minimum Gasteiger partial charge on any atom is -0.465 e. The molecule has 1 saturated heterocycles. The van der Waals surface area contributed by atoms with Gasteiger partial charge in [-0.15, -0.1) is 0 Å². The van der Waals surface area contributed by atoms with Crippen molar-refractivity contribution in [3.63, 3.8) is 0 Å². The zero-order valence-electron chi connectivity index (χ0n) is 16.5. The van der Waals surface area contributed by atoms with Crippen molar-refractivity contribution in [2.45, 2.75) is 69.1 Å². The number of fused-ring (bicyclic) bond motifs is 1. The molecule has 2 aliphatic rings. The molecule has 1 unspecified atom stereocenters. The minimum atomic E-state index is -0.973. The molecule has 2 rings (SSSR count). The molecule has 2 heterocycles. The molecule has 26 heavy (non-hydrogen) atoms. The number of hydrogen-bond acceptors (Lipinski definition) is 7. The summed E-state index contributed by atoms with van der Waals surface area (Å²) < 4.78 is 22.7. The van der Waals surface area contributed by atoms with Crippen LogP contribution in [0.2, 0.25) is 0 Å². The summed E-state index contributed by atoms with van der Waals surface area (Å²) in [5.74, 6) is 0. The highest BCUT2D eigenvalue weighted by atomic mass is 32.2. The number of carbonyl (C=O) groups is 1. The summed E-state index contributed by atoms with van der Waals surface area (Å²) in [6.07, 6.45) is -1.84. The van der Waals surface area contributed by atoms with Gasteiger partial charge in [-0.25, -0.2) is 4.79 Å². The molecule has 0 aromatic rings. The van der Waals surface area contributed by atoms with Crippen LogP contribution < -0.4 is 0 Å². The van der Waals surface area contributed by atoms with Crippen LogP contribution in [0.5, 0.6) is 0 Å². The van der Waals surface area contributed by atoms with Gasteiger partial charge in [-0.1, -0.05) is 11.8 Å². The van der Waals surface area contributed by atoms with E-state index >= 15 is 0 Å². The Morgan fingerprint density at radius 3 is 2.38 bits per heavy atom. The number of thioether (sulfide) groups is 1. The van der Waals surface area contributed by atoms with E-state index in [2.05, 4.69) is 0 Å². The van der Waals surface area contributed by atoms with Crippen molar-refractivity contribution in [2.24, 2.45) is 4.99 Å². The monoisotopic (exact) mass is 390 g/mol. The van der Waals surface area contributed by atoms with Gasteiger partial charge < -0.3 is 24.1 Å². The van der Waals surface area contributed by atoms with Crippen molar-refractivity contribution in [3.05, 3.63) is 0 Å². The van der Waals surface area contributed by atoms with Gasteiger partial charge >= 0.3 is 6.09 Å². The van der Waals surface area contributed by atoms with Crippen molar-refractivity contribution < 1.29 is 28.8 Å². The van der Waals surface area contributed by atoms with Crippen LogP contribution in [0.4, 0.5) is 4.79 Å². The van der Waals surface area contributed by atoms with Crippen molar-refractivity contribution in [2.75, 3.05) is 27.9 Å². The molecule has 1 N–H and O–H groups in total. The van der Waals surface area contributed by atoms with Crippen molar-refractivity contribution >= 4 is 22.9 Å². The number of rotatable bonds is 6. The Bertz CT molecular complexity index is 538. The van der Waals surface area contributed by atoms with E-state index in [0.717, 1.165) is 5.04 Å². The summed E-state index contributed by atoms with van der Waals surface area (Å²) in [6.45, 7) is 7.85. The Labute approximate surface area is 159 Å². The number of methoxy groups -OCH3 is 3. The maximum atomic E-state index is 11.8. The summed E-state index contributed by atoms with van der Waals surface area (Å²) in [4.78, 5) is 18.0. The highest BCUT2D eigenvalue weighted by Crippen LogP contribution is 2.40. The average molecular weight is 391 g/mol. The molecular formula is C17H30N2O6S. The van der Waals surface area contributed by atoms with Crippen LogP contribution in [0.3, 0.4) is 0 Å². The van der Waals surface area contributed by atoms with E-state index in [0.29, 0.717) is 6.61 Å². The Hall–Kier alpha value is -0.870. The molecule has 0 bridgehead atoms. The van der Waals surface area contributed by atoms with E-state index < -0.39 is 11.6 Å². The molecule has 9 heteroatoms. The fourth-order valence-corrected chi connectivity index (χ4v) is 4.90. The second kappa shape index (κ2) is 8.43. The van der Waals surface area contributed by atoms with Crippen LogP contribution in [0, 0.1) is 0 Å². The van der Waals surface area contributed by atoms with Gasteiger partial charge in [0.25, 0.3) is 0 Å². The van der Waals surface area contributed by atoms with E-state index in [-0.39, 0.29) is 35.8 Å². The first kappa shape index (κ1) is 21.4. The van der Waals surface area contributed by atoms with E-state index in [4.69, 9.17) is 23.9 Å². The number of hydrogen-bond donors (Lipinski definition) is 1. The van der Waals surface area contributed by atoms with Gasteiger partial charge in [0, 0.05) is 26.9 Å². The minimum absolute atomic E-state index is 0.250.